The van der Waals surface area contributed by atoms with Crippen molar-refractivity contribution in [2.24, 2.45) is 11.8 Å². The van der Waals surface area contributed by atoms with Crippen LogP contribution in [0.4, 0.5) is 13.2 Å². The van der Waals surface area contributed by atoms with Crippen LogP contribution in [0.1, 0.15) is 94.1 Å². The number of rotatable bonds is 10. The zero-order valence-corrected chi connectivity index (χ0v) is 20.6. The minimum Gasteiger partial charge on any atom is -0.494 e. The average Bonchev–Trinajstić information content (AvgIpc) is 2.85. The van der Waals surface area contributed by atoms with E-state index in [1.54, 1.807) is 0 Å². The fourth-order valence-electron chi connectivity index (χ4n) is 5.61. The summed E-state index contributed by atoms with van der Waals surface area (Å²) in [4.78, 5) is 0. The standard InChI is InChI=1S/C30H39F3O/c1-5-22-9-13-24(14-10-22)26-17-18-27(30(33)29(26)32)25-15-11-23(12-16-25)8-7-20(3)28(31)19-21(4)34-6-2/h5,17-19,22-25H,1,3-4,6-16H2,2H3/b28-19+. The number of ether oxygens (including phenoxy) is 1. The summed E-state index contributed by atoms with van der Waals surface area (Å²) in [7, 11) is 0. The van der Waals surface area contributed by atoms with Gasteiger partial charge in [-0.25, -0.2) is 13.2 Å². The van der Waals surface area contributed by atoms with Crippen LogP contribution in [0.5, 0.6) is 0 Å². The van der Waals surface area contributed by atoms with Crippen molar-refractivity contribution < 1.29 is 17.9 Å². The van der Waals surface area contributed by atoms with Gasteiger partial charge in [0.1, 0.15) is 11.6 Å². The van der Waals surface area contributed by atoms with E-state index in [4.69, 9.17) is 4.74 Å². The van der Waals surface area contributed by atoms with Crippen LogP contribution in [-0.4, -0.2) is 6.61 Å². The zero-order chi connectivity index (χ0) is 24.7. The molecular formula is C30H39F3O. The van der Waals surface area contributed by atoms with Crippen LogP contribution >= 0.6 is 0 Å². The average molecular weight is 473 g/mol. The molecule has 0 bridgehead atoms. The van der Waals surface area contributed by atoms with E-state index < -0.39 is 11.6 Å². The second-order valence-corrected chi connectivity index (χ2v) is 9.97. The van der Waals surface area contributed by atoms with Gasteiger partial charge in [-0.05, 0) is 112 Å². The van der Waals surface area contributed by atoms with Gasteiger partial charge in [0.05, 0.1) is 6.61 Å². The van der Waals surface area contributed by atoms with Crippen molar-refractivity contribution in [3.63, 3.8) is 0 Å². The third-order valence-electron chi connectivity index (χ3n) is 7.78. The molecule has 0 heterocycles. The second-order valence-electron chi connectivity index (χ2n) is 9.97. The van der Waals surface area contributed by atoms with Crippen molar-refractivity contribution in [1.82, 2.24) is 0 Å². The molecule has 2 fully saturated rings. The van der Waals surface area contributed by atoms with E-state index in [0.717, 1.165) is 57.8 Å². The van der Waals surface area contributed by atoms with Gasteiger partial charge in [0.25, 0.3) is 0 Å². The molecule has 0 radical (unpaired) electrons. The van der Waals surface area contributed by atoms with Crippen molar-refractivity contribution in [2.45, 2.75) is 83.0 Å². The van der Waals surface area contributed by atoms with Crippen LogP contribution in [0.2, 0.25) is 0 Å². The smallest absolute Gasteiger partial charge is 0.162 e. The van der Waals surface area contributed by atoms with E-state index in [1.165, 1.54) is 6.08 Å². The van der Waals surface area contributed by atoms with E-state index in [0.29, 0.717) is 47.3 Å². The van der Waals surface area contributed by atoms with Gasteiger partial charge in [-0.1, -0.05) is 31.4 Å². The summed E-state index contributed by atoms with van der Waals surface area (Å²) in [6.45, 7) is 13.7. The Bertz CT molecular complexity index is 900. The Balaban J connectivity index is 1.52. The van der Waals surface area contributed by atoms with Crippen molar-refractivity contribution in [2.75, 3.05) is 6.61 Å². The molecule has 186 valence electrons. The van der Waals surface area contributed by atoms with E-state index in [9.17, 15) is 4.39 Å². The number of hydrogen-bond acceptors (Lipinski definition) is 1. The highest BCUT2D eigenvalue weighted by Crippen LogP contribution is 2.42. The molecule has 2 aliphatic carbocycles. The minimum absolute atomic E-state index is 0.0469. The second kappa shape index (κ2) is 12.5. The molecule has 3 rings (SSSR count). The predicted octanol–water partition coefficient (Wildman–Crippen LogP) is 9.44. The Morgan fingerprint density at radius 3 is 1.97 bits per heavy atom. The first kappa shape index (κ1) is 26.4. The fourth-order valence-corrected chi connectivity index (χ4v) is 5.61. The predicted molar refractivity (Wildman–Crippen MR) is 134 cm³/mol. The molecule has 1 nitrogen and oxygen atoms in total. The van der Waals surface area contributed by atoms with Gasteiger partial charge in [-0.2, -0.15) is 0 Å². The molecule has 0 N–H and O–H groups in total. The summed E-state index contributed by atoms with van der Waals surface area (Å²) in [5.74, 6) is -0.291. The maximum atomic E-state index is 15.1. The van der Waals surface area contributed by atoms with Crippen LogP contribution in [0.25, 0.3) is 0 Å². The number of allylic oxidation sites excluding steroid dienone is 4. The molecule has 2 saturated carbocycles. The lowest BCUT2D eigenvalue weighted by Gasteiger charge is -2.30. The molecule has 1 aromatic carbocycles. The van der Waals surface area contributed by atoms with Crippen LogP contribution in [-0.2, 0) is 4.74 Å². The molecule has 4 heteroatoms. The minimum atomic E-state index is -0.651. The Kier molecular flexibility index (Phi) is 9.67. The molecule has 0 unspecified atom stereocenters. The molecule has 34 heavy (non-hydrogen) atoms. The van der Waals surface area contributed by atoms with Crippen molar-refractivity contribution in [3.05, 3.63) is 83.9 Å². The Morgan fingerprint density at radius 1 is 0.941 bits per heavy atom. The lowest BCUT2D eigenvalue weighted by Crippen LogP contribution is -2.17. The highest BCUT2D eigenvalue weighted by atomic mass is 19.2. The molecule has 2 aliphatic rings. The molecule has 0 aromatic heterocycles. The van der Waals surface area contributed by atoms with Crippen LogP contribution in [0, 0.1) is 23.5 Å². The third-order valence-corrected chi connectivity index (χ3v) is 7.78. The Morgan fingerprint density at radius 2 is 1.47 bits per heavy atom. The van der Waals surface area contributed by atoms with Crippen molar-refractivity contribution in [1.29, 1.82) is 0 Å². The lowest BCUT2D eigenvalue weighted by molar-refractivity contribution is 0.243. The maximum Gasteiger partial charge on any atom is 0.162 e. The zero-order valence-electron chi connectivity index (χ0n) is 20.6. The molecule has 0 aliphatic heterocycles. The highest BCUT2D eigenvalue weighted by Gasteiger charge is 2.29. The van der Waals surface area contributed by atoms with Gasteiger partial charge in [-0.3, -0.25) is 0 Å². The molecule has 0 spiro atoms. The summed E-state index contributed by atoms with van der Waals surface area (Å²) in [5.41, 5.74) is 1.51. The van der Waals surface area contributed by atoms with E-state index in [2.05, 4.69) is 19.7 Å². The van der Waals surface area contributed by atoms with Gasteiger partial charge in [0.2, 0.25) is 0 Å². The normalized spacial score (nSPS) is 25.6. The van der Waals surface area contributed by atoms with Gasteiger partial charge in [0, 0.05) is 6.08 Å². The molecule has 0 atom stereocenters. The number of halogens is 3. The largest absolute Gasteiger partial charge is 0.494 e. The summed E-state index contributed by atoms with van der Waals surface area (Å²) in [6.07, 6.45) is 12.0. The molecule has 0 amide bonds. The Labute approximate surface area is 203 Å². The molecular weight excluding hydrogens is 433 g/mol. The summed E-state index contributed by atoms with van der Waals surface area (Å²) in [6, 6.07) is 3.65. The van der Waals surface area contributed by atoms with Crippen molar-refractivity contribution in [3.8, 4) is 0 Å². The summed E-state index contributed by atoms with van der Waals surface area (Å²) in [5, 5.41) is 0. The lowest BCUT2D eigenvalue weighted by atomic mass is 9.75. The summed E-state index contributed by atoms with van der Waals surface area (Å²) >= 11 is 0. The van der Waals surface area contributed by atoms with Crippen molar-refractivity contribution >= 4 is 0 Å². The quantitative estimate of drug-likeness (QED) is 0.187. The number of benzene rings is 1. The SMILES string of the molecule is C=CC1CCC(c2ccc(C3CCC(CCC(=C)/C(F)=C\C(=C)OCC)CC3)c(F)c2F)CC1. The first-order valence-corrected chi connectivity index (χ1v) is 12.8. The topological polar surface area (TPSA) is 9.23 Å². The maximum absolute atomic E-state index is 15.1. The summed E-state index contributed by atoms with van der Waals surface area (Å²) < 4.78 is 49.5. The number of hydrogen-bond donors (Lipinski definition) is 0. The van der Waals surface area contributed by atoms with Gasteiger partial charge < -0.3 is 4.74 Å². The van der Waals surface area contributed by atoms with Crippen LogP contribution in [0.15, 0.2) is 61.2 Å². The van der Waals surface area contributed by atoms with Crippen LogP contribution < -0.4 is 0 Å². The molecule has 1 aromatic rings. The monoisotopic (exact) mass is 472 g/mol. The van der Waals surface area contributed by atoms with Crippen LogP contribution in [0.3, 0.4) is 0 Å². The van der Waals surface area contributed by atoms with Gasteiger partial charge in [-0.15, -0.1) is 6.58 Å². The highest BCUT2D eigenvalue weighted by molar-refractivity contribution is 5.32. The van der Waals surface area contributed by atoms with E-state index in [-0.39, 0.29) is 17.7 Å². The first-order chi connectivity index (χ1) is 16.3. The fraction of sp³-hybridized carbons (Fsp3) is 0.533. The first-order valence-electron chi connectivity index (χ1n) is 12.8. The third kappa shape index (κ3) is 6.67. The van der Waals surface area contributed by atoms with Gasteiger partial charge >= 0.3 is 0 Å². The molecule has 0 saturated heterocycles. The van der Waals surface area contributed by atoms with E-state index in [1.807, 2.05) is 25.1 Å². The Hall–Kier alpha value is -2.23. The van der Waals surface area contributed by atoms with E-state index >= 15 is 8.78 Å². The van der Waals surface area contributed by atoms with Gasteiger partial charge in [0.15, 0.2) is 11.6 Å².